The van der Waals surface area contributed by atoms with Crippen molar-refractivity contribution in [3.8, 4) is 0 Å². The van der Waals surface area contributed by atoms with Crippen LogP contribution in [0.25, 0.3) is 0 Å². The number of amides is 3. The maximum absolute atomic E-state index is 12.9. The molecule has 10 nitrogen and oxygen atoms in total. The van der Waals surface area contributed by atoms with Crippen LogP contribution in [0.5, 0.6) is 0 Å². The fourth-order valence-corrected chi connectivity index (χ4v) is 4.11. The highest BCUT2D eigenvalue weighted by Crippen LogP contribution is 2.31. The van der Waals surface area contributed by atoms with E-state index in [-0.39, 0.29) is 24.3 Å². The number of rotatable bonds is 9. The van der Waals surface area contributed by atoms with Crippen LogP contribution in [0.1, 0.15) is 66.6 Å². The Labute approximate surface area is 238 Å². The molecule has 0 aliphatic carbocycles. The van der Waals surface area contributed by atoms with Crippen LogP contribution < -0.4 is 16.0 Å². The molecule has 0 saturated carbocycles. The molecule has 5 N–H and O–H groups in total. The number of aliphatic carboxylic acids is 1. The maximum atomic E-state index is 12.9. The molecule has 0 aliphatic heterocycles. The molecule has 3 amide bonds. The van der Waals surface area contributed by atoms with E-state index < -0.39 is 41.5 Å². The van der Waals surface area contributed by atoms with Gasteiger partial charge >= 0.3 is 12.1 Å². The Morgan fingerprint density at radius 1 is 0.805 bits per heavy atom. The molecule has 1 atom stereocenters. The van der Waals surface area contributed by atoms with E-state index in [1.807, 2.05) is 72.8 Å². The van der Waals surface area contributed by atoms with E-state index >= 15 is 0 Å². The summed E-state index contributed by atoms with van der Waals surface area (Å²) in [5.41, 5.74) is 2.64. The van der Waals surface area contributed by atoms with Gasteiger partial charge in [-0.15, -0.1) is 0 Å². The van der Waals surface area contributed by atoms with Crippen molar-refractivity contribution in [3.05, 3.63) is 107 Å². The zero-order valence-electron chi connectivity index (χ0n) is 23.1. The first-order valence-corrected chi connectivity index (χ1v) is 13.0. The van der Waals surface area contributed by atoms with Crippen molar-refractivity contribution in [2.24, 2.45) is 0 Å². The molecule has 3 aromatic rings. The van der Waals surface area contributed by atoms with Gasteiger partial charge in [0.2, 0.25) is 11.9 Å². The average Bonchev–Trinajstić information content (AvgIpc) is 2.91. The molecule has 0 unspecified atom stereocenters. The number of benzene rings is 3. The SMILES string of the molecule is CC(C)(C)OC(=O)NC(=N)NC(=O)CC[C@H](NC(=O)c1ccc(C(c2ccccc2)c2ccccc2)cc1)C(=O)O. The zero-order chi connectivity index (χ0) is 30.0. The third-order valence-electron chi connectivity index (χ3n) is 5.93. The molecule has 41 heavy (non-hydrogen) atoms. The fourth-order valence-electron chi connectivity index (χ4n) is 4.11. The summed E-state index contributed by atoms with van der Waals surface area (Å²) in [4.78, 5) is 48.5. The number of carboxylic acids is 1. The largest absolute Gasteiger partial charge is 0.480 e. The van der Waals surface area contributed by atoms with Crippen LogP contribution in [0.3, 0.4) is 0 Å². The molecule has 0 heterocycles. The molecule has 214 valence electrons. The Kier molecular flexibility index (Phi) is 10.3. The van der Waals surface area contributed by atoms with Gasteiger partial charge < -0.3 is 15.2 Å². The summed E-state index contributed by atoms with van der Waals surface area (Å²) in [6.07, 6.45) is -1.46. The molecule has 3 rings (SSSR count). The van der Waals surface area contributed by atoms with E-state index in [1.165, 1.54) is 0 Å². The van der Waals surface area contributed by atoms with E-state index in [9.17, 15) is 24.3 Å². The van der Waals surface area contributed by atoms with Crippen molar-refractivity contribution >= 4 is 29.8 Å². The highest BCUT2D eigenvalue weighted by Gasteiger charge is 2.23. The number of hydrogen-bond donors (Lipinski definition) is 5. The van der Waals surface area contributed by atoms with Gasteiger partial charge in [0.05, 0.1) is 0 Å². The van der Waals surface area contributed by atoms with Crippen molar-refractivity contribution in [1.29, 1.82) is 5.41 Å². The number of ether oxygens (including phenoxy) is 1. The molecule has 0 fully saturated rings. The van der Waals surface area contributed by atoms with Crippen LogP contribution in [0.4, 0.5) is 4.79 Å². The lowest BCUT2D eigenvalue weighted by Crippen LogP contribution is -2.46. The van der Waals surface area contributed by atoms with Crippen LogP contribution in [-0.2, 0) is 14.3 Å². The molecule has 0 aliphatic rings. The highest BCUT2D eigenvalue weighted by atomic mass is 16.6. The topological polar surface area (TPSA) is 158 Å². The van der Waals surface area contributed by atoms with Gasteiger partial charge in [-0.1, -0.05) is 72.8 Å². The number of alkyl carbamates (subject to hydrolysis) is 1. The smallest absolute Gasteiger partial charge is 0.414 e. The first kappa shape index (κ1) is 30.6. The van der Waals surface area contributed by atoms with Gasteiger partial charge in [0.15, 0.2) is 0 Å². The van der Waals surface area contributed by atoms with Crippen LogP contribution in [-0.4, -0.2) is 46.6 Å². The van der Waals surface area contributed by atoms with Crippen molar-refractivity contribution < 1.29 is 29.0 Å². The molecule has 0 aromatic heterocycles. The molecule has 10 heteroatoms. The van der Waals surface area contributed by atoms with E-state index in [0.29, 0.717) is 0 Å². The van der Waals surface area contributed by atoms with E-state index in [1.54, 1.807) is 32.9 Å². The average molecular weight is 559 g/mol. The summed E-state index contributed by atoms with van der Waals surface area (Å²) in [7, 11) is 0. The number of carbonyl (C=O) groups is 4. The lowest BCUT2D eigenvalue weighted by Gasteiger charge is -2.20. The number of nitrogens with one attached hydrogen (secondary N) is 4. The molecule has 0 saturated heterocycles. The second-order valence-electron chi connectivity index (χ2n) is 10.3. The number of carbonyl (C=O) groups excluding carboxylic acids is 3. The minimum atomic E-state index is -1.35. The monoisotopic (exact) mass is 558 g/mol. The standard InChI is InChI=1S/C31H34N4O6/c1-31(2,3)41-30(40)35-29(32)34-25(36)19-18-24(28(38)39)33-27(37)23-16-14-22(15-17-23)26(20-10-6-4-7-11-20)21-12-8-5-9-13-21/h4-17,24,26H,18-19H2,1-3H3,(H,33,37)(H,38,39)(H3,32,34,35,36,40)/t24-/m0/s1. The van der Waals surface area contributed by atoms with Crippen molar-refractivity contribution in [3.63, 3.8) is 0 Å². The Balaban J connectivity index is 1.61. The fraction of sp³-hybridized carbons (Fsp3) is 0.258. The van der Waals surface area contributed by atoms with E-state index in [2.05, 4.69) is 16.0 Å². The minimum Gasteiger partial charge on any atom is -0.480 e. The van der Waals surface area contributed by atoms with Gasteiger partial charge in [0, 0.05) is 17.9 Å². The predicted octanol–water partition coefficient (Wildman–Crippen LogP) is 4.41. The van der Waals surface area contributed by atoms with Gasteiger partial charge in [0.1, 0.15) is 11.6 Å². The Bertz CT molecular complexity index is 1330. The third kappa shape index (κ3) is 9.61. The molecule has 0 radical (unpaired) electrons. The zero-order valence-corrected chi connectivity index (χ0v) is 23.1. The quantitative estimate of drug-likeness (QED) is 0.149. The summed E-state index contributed by atoms with van der Waals surface area (Å²) in [5, 5.41) is 23.9. The molecular formula is C31H34N4O6. The molecular weight excluding hydrogens is 524 g/mol. The van der Waals surface area contributed by atoms with E-state index in [0.717, 1.165) is 16.7 Å². The predicted molar refractivity (Wildman–Crippen MR) is 154 cm³/mol. The van der Waals surface area contributed by atoms with Gasteiger partial charge in [-0.25, -0.2) is 9.59 Å². The van der Waals surface area contributed by atoms with Gasteiger partial charge in [-0.3, -0.25) is 25.6 Å². The summed E-state index contributed by atoms with van der Waals surface area (Å²) in [6, 6.07) is 25.6. The summed E-state index contributed by atoms with van der Waals surface area (Å²) in [6.45, 7) is 4.95. The summed E-state index contributed by atoms with van der Waals surface area (Å²) >= 11 is 0. The van der Waals surface area contributed by atoms with Crippen LogP contribution in [0.15, 0.2) is 84.9 Å². The second kappa shape index (κ2) is 13.9. The summed E-state index contributed by atoms with van der Waals surface area (Å²) < 4.78 is 5.00. The third-order valence-corrected chi connectivity index (χ3v) is 5.93. The Morgan fingerprint density at radius 2 is 1.32 bits per heavy atom. The lowest BCUT2D eigenvalue weighted by molar-refractivity contribution is -0.139. The van der Waals surface area contributed by atoms with E-state index in [4.69, 9.17) is 10.1 Å². The number of guanidine groups is 1. The Morgan fingerprint density at radius 3 is 1.80 bits per heavy atom. The second-order valence-corrected chi connectivity index (χ2v) is 10.3. The lowest BCUT2D eigenvalue weighted by atomic mass is 9.85. The molecule has 0 bridgehead atoms. The van der Waals surface area contributed by atoms with Crippen molar-refractivity contribution in [2.75, 3.05) is 0 Å². The summed E-state index contributed by atoms with van der Waals surface area (Å²) in [5.74, 6) is -3.27. The minimum absolute atomic E-state index is 0.0525. The van der Waals surface area contributed by atoms with Gasteiger partial charge in [-0.2, -0.15) is 0 Å². The van der Waals surface area contributed by atoms with Crippen molar-refractivity contribution in [1.82, 2.24) is 16.0 Å². The first-order chi connectivity index (χ1) is 19.4. The van der Waals surface area contributed by atoms with Crippen LogP contribution in [0, 0.1) is 5.41 Å². The van der Waals surface area contributed by atoms with Gasteiger partial charge in [-0.05, 0) is 56.0 Å². The Hall–Kier alpha value is -4.99. The number of carboxylic acid groups (broad SMARTS) is 1. The maximum Gasteiger partial charge on any atom is 0.414 e. The van der Waals surface area contributed by atoms with Crippen LogP contribution in [0.2, 0.25) is 0 Å². The van der Waals surface area contributed by atoms with Crippen molar-refractivity contribution in [2.45, 2.75) is 51.2 Å². The van der Waals surface area contributed by atoms with Crippen LogP contribution >= 0.6 is 0 Å². The number of hydrogen-bond acceptors (Lipinski definition) is 6. The molecule has 0 spiro atoms. The normalized spacial score (nSPS) is 11.7. The first-order valence-electron chi connectivity index (χ1n) is 13.0. The molecule has 3 aromatic carbocycles. The highest BCUT2D eigenvalue weighted by molar-refractivity contribution is 6.01. The van der Waals surface area contributed by atoms with Gasteiger partial charge in [0.25, 0.3) is 5.91 Å².